The molecule has 11 nitrogen and oxygen atoms in total. The van der Waals surface area contributed by atoms with Crippen molar-refractivity contribution in [1.29, 1.82) is 0 Å². The van der Waals surface area contributed by atoms with E-state index in [1.54, 1.807) is 23.3 Å². The zero-order valence-corrected chi connectivity index (χ0v) is 24.8. The van der Waals surface area contributed by atoms with Gasteiger partial charge in [-0.25, -0.2) is 4.79 Å². The van der Waals surface area contributed by atoms with Crippen molar-refractivity contribution in [1.82, 2.24) is 20.4 Å². The largest absolute Gasteiger partial charge is 0.445 e. The van der Waals surface area contributed by atoms with Crippen LogP contribution in [0.1, 0.15) is 51.0 Å². The normalized spacial score (nSPS) is 26.8. The highest BCUT2D eigenvalue weighted by atomic mass is 16.6. The third-order valence-electron chi connectivity index (χ3n) is 8.97. The Kier molecular flexibility index (Phi) is 10.3. The van der Waals surface area contributed by atoms with Crippen LogP contribution in [0.3, 0.4) is 0 Å². The Morgan fingerprint density at radius 1 is 1.09 bits per heavy atom. The molecule has 4 N–H and O–H groups in total. The molecule has 0 aromatic heterocycles. The first kappa shape index (κ1) is 30.9. The van der Waals surface area contributed by atoms with Crippen LogP contribution in [0.25, 0.3) is 0 Å². The molecule has 3 amide bonds. The first-order chi connectivity index (χ1) is 20.8. The molecule has 2 unspecified atom stereocenters. The molecule has 3 aliphatic heterocycles. The van der Waals surface area contributed by atoms with E-state index in [4.69, 9.17) is 15.2 Å². The van der Waals surface area contributed by atoms with E-state index < -0.39 is 12.3 Å². The molecular formula is C32H43N5O6. The highest BCUT2D eigenvalue weighted by Crippen LogP contribution is 2.37. The van der Waals surface area contributed by atoms with Crippen LogP contribution < -0.4 is 16.4 Å². The van der Waals surface area contributed by atoms with Crippen molar-refractivity contribution in [3.05, 3.63) is 59.8 Å². The van der Waals surface area contributed by atoms with E-state index in [9.17, 15) is 19.2 Å². The molecule has 2 saturated heterocycles. The number of Topliss-reactive ketones (excluding diaryl/α,β-unsaturated/α-hetero) is 1. The molecule has 11 heteroatoms. The average molecular weight is 594 g/mol. The predicted molar refractivity (Wildman–Crippen MR) is 159 cm³/mol. The Morgan fingerprint density at radius 2 is 1.84 bits per heavy atom. The minimum atomic E-state index is -0.532. The summed E-state index contributed by atoms with van der Waals surface area (Å²) < 4.78 is 11.6. The fraction of sp³-hybridized carbons (Fsp3) is 0.562. The topological polar surface area (TPSA) is 143 Å². The van der Waals surface area contributed by atoms with E-state index >= 15 is 0 Å². The number of imide groups is 1. The number of nitrogens with zero attached hydrogens (tertiary/aromatic N) is 2. The average Bonchev–Trinajstić information content (AvgIpc) is 3.00. The lowest BCUT2D eigenvalue weighted by Crippen LogP contribution is -2.63. The van der Waals surface area contributed by atoms with Gasteiger partial charge in [-0.3, -0.25) is 24.6 Å². The van der Waals surface area contributed by atoms with Gasteiger partial charge >= 0.3 is 6.09 Å². The molecule has 5 rings (SSSR count). The van der Waals surface area contributed by atoms with Crippen molar-refractivity contribution in [2.24, 2.45) is 17.6 Å². The van der Waals surface area contributed by atoms with Gasteiger partial charge in [0.05, 0.1) is 25.2 Å². The molecular weight excluding hydrogens is 550 g/mol. The molecule has 3 fully saturated rings. The number of carbonyl (C=O) groups is 4. The Labute approximate surface area is 252 Å². The summed E-state index contributed by atoms with van der Waals surface area (Å²) >= 11 is 0. The van der Waals surface area contributed by atoms with Gasteiger partial charge in [0.25, 0.3) is 0 Å². The molecule has 1 aromatic carbocycles. The molecule has 4 aliphatic rings. The van der Waals surface area contributed by atoms with Crippen LogP contribution in [0.4, 0.5) is 4.79 Å². The number of hydrogen-bond acceptors (Lipinski definition) is 9. The number of ketones is 1. The van der Waals surface area contributed by atoms with Gasteiger partial charge in [0.15, 0.2) is 12.0 Å². The zero-order valence-electron chi connectivity index (χ0n) is 24.8. The number of piperazine rings is 1. The number of dihydropyridines is 1. The van der Waals surface area contributed by atoms with Crippen LogP contribution in [-0.2, 0) is 30.5 Å². The number of hydrogen-bond donors (Lipinski definition) is 3. The number of allylic oxidation sites excluding steroid dienone is 2. The first-order valence-electron chi connectivity index (χ1n) is 15.4. The first-order valence-corrected chi connectivity index (χ1v) is 15.4. The molecule has 3 atom stereocenters. The van der Waals surface area contributed by atoms with Gasteiger partial charge in [0, 0.05) is 24.7 Å². The molecule has 0 radical (unpaired) electrons. The number of amides is 3. The van der Waals surface area contributed by atoms with Gasteiger partial charge in [0.2, 0.25) is 11.8 Å². The lowest BCUT2D eigenvalue weighted by atomic mass is 9.75. The fourth-order valence-corrected chi connectivity index (χ4v) is 6.54. The lowest BCUT2D eigenvalue weighted by molar-refractivity contribution is -0.156. The van der Waals surface area contributed by atoms with Gasteiger partial charge < -0.3 is 25.4 Å². The SMILES string of the molecule is C[C@@H](CC1CC(N2C(=O)CNC(CC3CCN(C(=O)OCc4ccccc4)CC3)C2=O)C1)OC1NC=CC=C1C(=O)CN. The monoisotopic (exact) mass is 593 g/mol. The Balaban J connectivity index is 1.04. The highest BCUT2D eigenvalue weighted by Gasteiger charge is 2.44. The summed E-state index contributed by atoms with van der Waals surface area (Å²) in [6, 6.07) is 9.13. The lowest BCUT2D eigenvalue weighted by Gasteiger charge is -2.46. The third-order valence-corrected chi connectivity index (χ3v) is 8.97. The minimum Gasteiger partial charge on any atom is -0.445 e. The van der Waals surface area contributed by atoms with Crippen molar-refractivity contribution >= 4 is 23.7 Å². The molecule has 232 valence electrons. The Hall–Kier alpha value is -3.54. The maximum atomic E-state index is 13.4. The molecule has 0 bridgehead atoms. The highest BCUT2D eigenvalue weighted by molar-refractivity contribution is 6.01. The number of nitrogens with two attached hydrogens (primary N) is 1. The van der Waals surface area contributed by atoms with Crippen molar-refractivity contribution in [3.8, 4) is 0 Å². The Bertz CT molecular complexity index is 1220. The predicted octanol–water partition coefficient (Wildman–Crippen LogP) is 2.22. The maximum absolute atomic E-state index is 13.4. The van der Waals surface area contributed by atoms with Gasteiger partial charge in [-0.15, -0.1) is 0 Å². The molecule has 43 heavy (non-hydrogen) atoms. The van der Waals surface area contributed by atoms with Crippen LogP contribution in [-0.4, -0.2) is 84.1 Å². The summed E-state index contributed by atoms with van der Waals surface area (Å²) in [6.45, 7) is 3.50. The minimum absolute atomic E-state index is 0.0728. The van der Waals surface area contributed by atoms with Gasteiger partial charge in [0.1, 0.15) is 6.61 Å². The molecule has 1 saturated carbocycles. The third kappa shape index (κ3) is 7.70. The summed E-state index contributed by atoms with van der Waals surface area (Å²) in [5.74, 6) is 0.155. The Morgan fingerprint density at radius 3 is 2.56 bits per heavy atom. The van der Waals surface area contributed by atoms with Crippen LogP contribution in [0, 0.1) is 11.8 Å². The number of benzene rings is 1. The summed E-state index contributed by atoms with van der Waals surface area (Å²) in [4.78, 5) is 54.1. The van der Waals surface area contributed by atoms with Gasteiger partial charge in [-0.05, 0) is 81.2 Å². The molecule has 0 spiro atoms. The van der Waals surface area contributed by atoms with E-state index in [0.29, 0.717) is 31.0 Å². The number of likely N-dealkylation sites (tertiary alicyclic amines) is 1. The van der Waals surface area contributed by atoms with Crippen LogP contribution >= 0.6 is 0 Å². The standard InChI is InChI=1S/C32H43N5O6/c1-21(43-30-26(28(38)18-33)8-5-11-34-30)14-24-15-25(16-24)37-29(39)19-35-27(31(37)40)17-22-9-12-36(13-10-22)32(41)42-20-23-6-3-2-4-7-23/h2-8,11,21-22,24-25,27,30,34-35H,9-10,12-20,33H2,1H3/t21-,24?,25?,27?,30?/m0/s1. The number of rotatable bonds is 11. The number of piperidine rings is 1. The van der Waals surface area contributed by atoms with E-state index in [1.807, 2.05) is 37.3 Å². The van der Waals surface area contributed by atoms with Crippen LogP contribution in [0.15, 0.2) is 54.3 Å². The second-order valence-corrected chi connectivity index (χ2v) is 12.1. The van der Waals surface area contributed by atoms with E-state index in [2.05, 4.69) is 10.6 Å². The second-order valence-electron chi connectivity index (χ2n) is 12.1. The number of ether oxygens (including phenoxy) is 2. The molecule has 3 heterocycles. The molecule has 1 aromatic rings. The summed E-state index contributed by atoms with van der Waals surface area (Å²) in [5, 5.41) is 6.24. The second kappa shape index (κ2) is 14.3. The van der Waals surface area contributed by atoms with Crippen molar-refractivity contribution in [2.75, 3.05) is 26.2 Å². The van der Waals surface area contributed by atoms with Crippen LogP contribution in [0.2, 0.25) is 0 Å². The van der Waals surface area contributed by atoms with E-state index in [-0.39, 0.29) is 61.5 Å². The van der Waals surface area contributed by atoms with E-state index in [0.717, 1.165) is 37.7 Å². The summed E-state index contributed by atoms with van der Waals surface area (Å²) in [6.07, 6.45) is 8.78. The number of carbonyl (C=O) groups excluding carboxylic acids is 4. The number of nitrogens with one attached hydrogen (secondary N) is 2. The van der Waals surface area contributed by atoms with Gasteiger partial charge in [-0.2, -0.15) is 0 Å². The van der Waals surface area contributed by atoms with Crippen molar-refractivity contribution < 1.29 is 28.7 Å². The molecule has 1 aliphatic carbocycles. The summed E-state index contributed by atoms with van der Waals surface area (Å²) in [7, 11) is 0. The summed E-state index contributed by atoms with van der Waals surface area (Å²) in [5.41, 5.74) is 7.01. The zero-order chi connectivity index (χ0) is 30.3. The fourth-order valence-electron chi connectivity index (χ4n) is 6.54. The van der Waals surface area contributed by atoms with Crippen molar-refractivity contribution in [2.45, 2.75) is 76.5 Å². The van der Waals surface area contributed by atoms with Crippen molar-refractivity contribution in [3.63, 3.8) is 0 Å². The van der Waals surface area contributed by atoms with E-state index in [1.165, 1.54) is 4.90 Å². The maximum Gasteiger partial charge on any atom is 0.410 e. The van der Waals surface area contributed by atoms with Crippen LogP contribution in [0.5, 0.6) is 0 Å². The quantitative estimate of drug-likeness (QED) is 0.329. The smallest absolute Gasteiger partial charge is 0.410 e. The van der Waals surface area contributed by atoms with Gasteiger partial charge in [-0.1, -0.05) is 30.3 Å².